The van der Waals surface area contributed by atoms with Gasteiger partial charge in [0, 0.05) is 18.8 Å². The second-order valence-corrected chi connectivity index (χ2v) is 6.61. The van der Waals surface area contributed by atoms with E-state index in [1.807, 2.05) is 48.5 Å². The first-order chi connectivity index (χ1) is 12.2. The maximum atomic E-state index is 12.1. The third-order valence-corrected chi connectivity index (χ3v) is 4.87. The number of nitrogens with one attached hydrogen (secondary N) is 1. The second-order valence-electron chi connectivity index (χ2n) is 5.58. The number of hydrogen-bond acceptors (Lipinski definition) is 4. The van der Waals surface area contributed by atoms with Gasteiger partial charge in [-0.3, -0.25) is 4.79 Å². The molecule has 0 unspecified atom stereocenters. The second kappa shape index (κ2) is 8.03. The molecule has 1 aliphatic rings. The van der Waals surface area contributed by atoms with Gasteiger partial charge in [0.15, 0.2) is 5.17 Å². The molecule has 1 heterocycles. The number of carbonyl (C=O) groups excluding carboxylic acids is 1. The van der Waals surface area contributed by atoms with Gasteiger partial charge < -0.3 is 10.2 Å². The highest BCUT2D eigenvalue weighted by molar-refractivity contribution is 8.18. The summed E-state index contributed by atoms with van der Waals surface area (Å²) in [7, 11) is 0. The van der Waals surface area contributed by atoms with Crippen molar-refractivity contribution in [2.45, 2.75) is 13.8 Å². The molecule has 1 amide bonds. The quantitative estimate of drug-likeness (QED) is 0.811. The highest BCUT2D eigenvalue weighted by atomic mass is 32.2. The van der Waals surface area contributed by atoms with Crippen LogP contribution in [0.2, 0.25) is 0 Å². The molecule has 0 aliphatic carbocycles. The fourth-order valence-corrected chi connectivity index (χ4v) is 3.47. The number of aliphatic imine (C=N–C) groups is 1. The van der Waals surface area contributed by atoms with Crippen molar-refractivity contribution >= 4 is 40.3 Å². The molecule has 2 aromatic carbocycles. The van der Waals surface area contributed by atoms with Crippen LogP contribution >= 0.6 is 11.8 Å². The van der Waals surface area contributed by atoms with Crippen LogP contribution in [0.25, 0.3) is 6.08 Å². The monoisotopic (exact) mass is 351 g/mol. The van der Waals surface area contributed by atoms with Gasteiger partial charge in [-0.2, -0.15) is 0 Å². The number of amides is 1. The largest absolute Gasteiger partial charge is 0.372 e. The van der Waals surface area contributed by atoms with Crippen molar-refractivity contribution in [1.29, 1.82) is 0 Å². The third kappa shape index (κ3) is 4.31. The summed E-state index contributed by atoms with van der Waals surface area (Å²) in [6.07, 6.45) is 1.88. The minimum absolute atomic E-state index is 0.104. The van der Waals surface area contributed by atoms with Crippen molar-refractivity contribution in [2.75, 3.05) is 18.0 Å². The van der Waals surface area contributed by atoms with E-state index < -0.39 is 0 Å². The molecule has 2 aromatic rings. The predicted molar refractivity (Wildman–Crippen MR) is 107 cm³/mol. The van der Waals surface area contributed by atoms with E-state index in [9.17, 15) is 4.79 Å². The third-order valence-electron chi connectivity index (χ3n) is 3.96. The number of amidine groups is 1. The van der Waals surface area contributed by atoms with Gasteiger partial charge in [0.05, 0.1) is 10.6 Å². The minimum Gasteiger partial charge on any atom is -0.372 e. The van der Waals surface area contributed by atoms with Crippen LogP contribution in [0.4, 0.5) is 11.4 Å². The van der Waals surface area contributed by atoms with Crippen molar-refractivity contribution in [3.05, 3.63) is 65.1 Å². The number of rotatable bonds is 5. The van der Waals surface area contributed by atoms with Gasteiger partial charge in [-0.1, -0.05) is 30.3 Å². The lowest BCUT2D eigenvalue weighted by Gasteiger charge is -2.20. The Bertz CT molecular complexity index is 793. The SMILES string of the molecule is CCN(CC)c1ccc(N=C2NC(=O)/C(=C/c3ccccc3)S2)cc1. The zero-order chi connectivity index (χ0) is 17.6. The van der Waals surface area contributed by atoms with E-state index in [0.717, 1.165) is 24.3 Å². The Labute approximate surface area is 152 Å². The summed E-state index contributed by atoms with van der Waals surface area (Å²) in [5, 5.41) is 3.44. The van der Waals surface area contributed by atoms with E-state index in [2.05, 4.69) is 41.2 Å². The Morgan fingerprint density at radius 2 is 1.72 bits per heavy atom. The highest BCUT2D eigenvalue weighted by Crippen LogP contribution is 2.28. The Morgan fingerprint density at radius 1 is 1.04 bits per heavy atom. The number of thioether (sulfide) groups is 1. The van der Waals surface area contributed by atoms with Gasteiger partial charge in [0.1, 0.15) is 0 Å². The average molecular weight is 351 g/mol. The summed E-state index contributed by atoms with van der Waals surface area (Å²) in [6, 6.07) is 17.9. The Morgan fingerprint density at radius 3 is 2.36 bits per heavy atom. The number of hydrogen-bond donors (Lipinski definition) is 1. The van der Waals surface area contributed by atoms with E-state index in [-0.39, 0.29) is 5.91 Å². The van der Waals surface area contributed by atoms with Crippen molar-refractivity contribution in [2.24, 2.45) is 4.99 Å². The fourth-order valence-electron chi connectivity index (χ4n) is 2.63. The topological polar surface area (TPSA) is 44.7 Å². The molecular formula is C20H21N3OS. The van der Waals surface area contributed by atoms with Crippen LogP contribution in [0.1, 0.15) is 19.4 Å². The first-order valence-electron chi connectivity index (χ1n) is 8.39. The molecule has 0 aromatic heterocycles. The maximum Gasteiger partial charge on any atom is 0.264 e. The summed E-state index contributed by atoms with van der Waals surface area (Å²) in [6.45, 7) is 6.24. The van der Waals surface area contributed by atoms with E-state index in [1.165, 1.54) is 17.4 Å². The van der Waals surface area contributed by atoms with Crippen molar-refractivity contribution in [1.82, 2.24) is 5.32 Å². The molecule has 1 aliphatic heterocycles. The van der Waals surface area contributed by atoms with Gasteiger partial charge in [0.2, 0.25) is 0 Å². The molecule has 0 saturated carbocycles. The van der Waals surface area contributed by atoms with E-state index in [4.69, 9.17) is 0 Å². The van der Waals surface area contributed by atoms with Gasteiger partial charge in [-0.05, 0) is 61.5 Å². The minimum atomic E-state index is -0.104. The molecule has 3 rings (SSSR count). The maximum absolute atomic E-state index is 12.1. The average Bonchev–Trinajstić information content (AvgIpc) is 2.97. The number of nitrogens with zero attached hydrogens (tertiary/aromatic N) is 2. The van der Waals surface area contributed by atoms with E-state index in [1.54, 1.807) is 0 Å². The molecule has 0 spiro atoms. The van der Waals surface area contributed by atoms with Gasteiger partial charge in [0.25, 0.3) is 5.91 Å². The molecule has 0 radical (unpaired) electrons. The van der Waals surface area contributed by atoms with Crippen LogP contribution in [0.15, 0.2) is 64.5 Å². The molecule has 0 bridgehead atoms. The molecular weight excluding hydrogens is 330 g/mol. The molecule has 1 saturated heterocycles. The number of anilines is 1. The van der Waals surface area contributed by atoms with Crippen molar-refractivity contribution < 1.29 is 4.79 Å². The van der Waals surface area contributed by atoms with Gasteiger partial charge in [-0.25, -0.2) is 4.99 Å². The highest BCUT2D eigenvalue weighted by Gasteiger charge is 2.23. The van der Waals surface area contributed by atoms with Crippen LogP contribution in [-0.4, -0.2) is 24.2 Å². The van der Waals surface area contributed by atoms with Crippen molar-refractivity contribution in [3.8, 4) is 0 Å². The van der Waals surface area contributed by atoms with Crippen LogP contribution < -0.4 is 10.2 Å². The smallest absolute Gasteiger partial charge is 0.264 e. The Hall–Kier alpha value is -2.53. The lowest BCUT2D eigenvalue weighted by molar-refractivity contribution is -0.115. The summed E-state index contributed by atoms with van der Waals surface area (Å²) >= 11 is 1.37. The molecule has 25 heavy (non-hydrogen) atoms. The van der Waals surface area contributed by atoms with Crippen LogP contribution in [-0.2, 0) is 4.79 Å². The van der Waals surface area contributed by atoms with E-state index in [0.29, 0.717) is 10.1 Å². The molecule has 4 nitrogen and oxygen atoms in total. The summed E-state index contributed by atoms with van der Waals surface area (Å²) in [5.74, 6) is -0.104. The number of benzene rings is 2. The fraction of sp³-hybridized carbons (Fsp3) is 0.200. The first kappa shape index (κ1) is 17.3. The lowest BCUT2D eigenvalue weighted by Crippen LogP contribution is -2.21. The first-order valence-corrected chi connectivity index (χ1v) is 9.21. The zero-order valence-corrected chi connectivity index (χ0v) is 15.2. The Kier molecular flexibility index (Phi) is 5.56. The van der Waals surface area contributed by atoms with Crippen molar-refractivity contribution in [3.63, 3.8) is 0 Å². The summed E-state index contributed by atoms with van der Waals surface area (Å²) < 4.78 is 0. The molecule has 0 atom stereocenters. The molecule has 5 heteroatoms. The Balaban J connectivity index is 1.75. The lowest BCUT2D eigenvalue weighted by atomic mass is 10.2. The predicted octanol–water partition coefficient (Wildman–Crippen LogP) is 4.42. The van der Waals surface area contributed by atoms with Crippen LogP contribution in [0.5, 0.6) is 0 Å². The summed E-state index contributed by atoms with van der Waals surface area (Å²) in [4.78, 5) is 19.6. The van der Waals surface area contributed by atoms with Crippen LogP contribution in [0.3, 0.4) is 0 Å². The molecule has 128 valence electrons. The van der Waals surface area contributed by atoms with E-state index >= 15 is 0 Å². The normalized spacial score (nSPS) is 17.1. The molecule has 1 fully saturated rings. The summed E-state index contributed by atoms with van der Waals surface area (Å²) in [5.41, 5.74) is 3.02. The molecule has 1 N–H and O–H groups in total. The van der Waals surface area contributed by atoms with Gasteiger partial charge in [-0.15, -0.1) is 0 Å². The zero-order valence-electron chi connectivity index (χ0n) is 14.4. The van der Waals surface area contributed by atoms with Gasteiger partial charge >= 0.3 is 0 Å². The van der Waals surface area contributed by atoms with Crippen LogP contribution in [0, 0.1) is 0 Å². The number of carbonyl (C=O) groups is 1. The standard InChI is InChI=1S/C20H21N3OS/c1-3-23(4-2)17-12-10-16(11-13-17)21-20-22-19(24)18(25-20)14-15-8-6-5-7-9-15/h5-14H,3-4H2,1-2H3,(H,21,22,24)/b18-14-.